The third kappa shape index (κ3) is 5.78. The summed E-state index contributed by atoms with van der Waals surface area (Å²) < 4.78 is 36.1. The van der Waals surface area contributed by atoms with Gasteiger partial charge in [0.25, 0.3) is 11.5 Å². The van der Waals surface area contributed by atoms with Gasteiger partial charge in [-0.2, -0.15) is 0 Å². The van der Waals surface area contributed by atoms with E-state index in [4.69, 9.17) is 18.9 Å². The van der Waals surface area contributed by atoms with Crippen molar-refractivity contribution in [3.63, 3.8) is 0 Å². The van der Waals surface area contributed by atoms with E-state index >= 15 is 0 Å². The lowest BCUT2D eigenvalue weighted by Gasteiger charge is -2.29. The molecule has 202 valence electrons. The van der Waals surface area contributed by atoms with E-state index < -0.39 is 11.7 Å². The first-order chi connectivity index (χ1) is 18.9. The van der Waals surface area contributed by atoms with E-state index in [1.54, 1.807) is 48.5 Å². The molecule has 1 fully saturated rings. The lowest BCUT2D eigenvalue weighted by molar-refractivity contribution is -0.118. The van der Waals surface area contributed by atoms with Crippen LogP contribution in [0.4, 0.5) is 15.8 Å². The number of benzene rings is 3. The van der Waals surface area contributed by atoms with Crippen molar-refractivity contribution in [1.29, 1.82) is 0 Å². The summed E-state index contributed by atoms with van der Waals surface area (Å²) in [5.74, 6) is 0.831. The topological polar surface area (TPSA) is 115 Å². The van der Waals surface area contributed by atoms with Crippen LogP contribution in [0.25, 0.3) is 22.3 Å². The molecule has 0 bridgehead atoms. The number of morpholine rings is 1. The van der Waals surface area contributed by atoms with Crippen molar-refractivity contribution in [3.05, 3.63) is 70.8 Å². The summed E-state index contributed by atoms with van der Waals surface area (Å²) in [4.78, 5) is 34.4. The van der Waals surface area contributed by atoms with Gasteiger partial charge in [0.05, 0.1) is 38.6 Å². The van der Waals surface area contributed by atoms with Crippen LogP contribution in [0.2, 0.25) is 0 Å². The van der Waals surface area contributed by atoms with Crippen molar-refractivity contribution in [1.82, 2.24) is 9.97 Å². The van der Waals surface area contributed by atoms with Crippen LogP contribution in [-0.4, -0.2) is 63.0 Å². The number of rotatable bonds is 8. The number of fused-ring (bicyclic) bond motifs is 1. The minimum absolute atomic E-state index is 0.267. The highest BCUT2D eigenvalue weighted by molar-refractivity contribution is 5.92. The SMILES string of the molecule is COc1cc(OC)c2c(=O)[nH]c(-c3ccc(OCC(=O)Nc4ccc(N5CCOCC5)c(F)c4)cc3)nc2c1. The third-order valence-corrected chi connectivity index (χ3v) is 6.28. The Balaban J connectivity index is 1.23. The molecular weight excluding hydrogens is 507 g/mol. The van der Waals surface area contributed by atoms with Crippen molar-refractivity contribution in [3.8, 4) is 28.6 Å². The average Bonchev–Trinajstić information content (AvgIpc) is 2.96. The van der Waals surface area contributed by atoms with Gasteiger partial charge in [-0.3, -0.25) is 9.59 Å². The van der Waals surface area contributed by atoms with Gasteiger partial charge in [-0.15, -0.1) is 0 Å². The number of ether oxygens (including phenoxy) is 4. The number of amides is 1. The van der Waals surface area contributed by atoms with Gasteiger partial charge in [0.2, 0.25) is 0 Å². The standard InChI is InChI=1S/C28H27FN4O6/c1-36-20-14-22-26(24(15-20)37-2)28(35)32-27(31-22)17-3-6-19(7-4-17)39-16-25(34)30-18-5-8-23(21(29)13-18)33-9-11-38-12-10-33/h3-8,13-15H,9-12,16H2,1-2H3,(H,30,34)(H,31,32,35). The molecule has 5 rings (SSSR count). The monoisotopic (exact) mass is 534 g/mol. The zero-order valence-corrected chi connectivity index (χ0v) is 21.5. The Bertz CT molecular complexity index is 1550. The highest BCUT2D eigenvalue weighted by Gasteiger charge is 2.16. The smallest absolute Gasteiger partial charge is 0.262 e. The first-order valence-corrected chi connectivity index (χ1v) is 12.3. The van der Waals surface area contributed by atoms with E-state index in [9.17, 15) is 14.0 Å². The molecule has 2 N–H and O–H groups in total. The highest BCUT2D eigenvalue weighted by atomic mass is 19.1. The van der Waals surface area contributed by atoms with Gasteiger partial charge in [0.1, 0.15) is 34.3 Å². The van der Waals surface area contributed by atoms with Crippen molar-refractivity contribution >= 4 is 28.2 Å². The number of carbonyl (C=O) groups is 1. The van der Waals surface area contributed by atoms with Crippen LogP contribution in [0.3, 0.4) is 0 Å². The van der Waals surface area contributed by atoms with Gasteiger partial charge in [-0.1, -0.05) is 0 Å². The first-order valence-electron chi connectivity index (χ1n) is 12.3. The Kier molecular flexibility index (Phi) is 7.60. The van der Waals surface area contributed by atoms with Crippen LogP contribution in [-0.2, 0) is 9.53 Å². The molecule has 11 heteroatoms. The minimum Gasteiger partial charge on any atom is -0.497 e. The van der Waals surface area contributed by atoms with Gasteiger partial charge in [-0.05, 0) is 42.5 Å². The molecule has 39 heavy (non-hydrogen) atoms. The maximum absolute atomic E-state index is 14.6. The second-order valence-corrected chi connectivity index (χ2v) is 8.77. The zero-order chi connectivity index (χ0) is 27.4. The van der Waals surface area contributed by atoms with Crippen molar-refractivity contribution in [2.24, 2.45) is 0 Å². The summed E-state index contributed by atoms with van der Waals surface area (Å²) >= 11 is 0. The van der Waals surface area contributed by atoms with E-state index in [1.807, 2.05) is 4.90 Å². The Hall–Kier alpha value is -4.64. The van der Waals surface area contributed by atoms with Crippen LogP contribution in [0.5, 0.6) is 17.2 Å². The van der Waals surface area contributed by atoms with E-state index in [1.165, 1.54) is 20.3 Å². The number of halogens is 1. The molecule has 4 aromatic rings. The molecule has 3 aromatic carbocycles. The van der Waals surface area contributed by atoms with E-state index in [2.05, 4.69) is 15.3 Å². The number of hydrogen-bond donors (Lipinski definition) is 2. The van der Waals surface area contributed by atoms with Crippen LogP contribution in [0.15, 0.2) is 59.4 Å². The number of carbonyl (C=O) groups excluding carboxylic acids is 1. The summed E-state index contributed by atoms with van der Waals surface area (Å²) in [6.07, 6.45) is 0. The maximum atomic E-state index is 14.6. The molecule has 2 heterocycles. The predicted octanol–water partition coefficient (Wildman–Crippen LogP) is 3.60. The number of anilines is 2. The molecule has 1 aromatic heterocycles. The highest BCUT2D eigenvalue weighted by Crippen LogP contribution is 2.29. The number of nitrogens with zero attached hydrogens (tertiary/aromatic N) is 2. The second kappa shape index (κ2) is 11.4. The molecule has 0 saturated carbocycles. The Labute approximate surface area is 223 Å². The van der Waals surface area contributed by atoms with Crippen LogP contribution >= 0.6 is 0 Å². The quantitative estimate of drug-likeness (QED) is 0.353. The van der Waals surface area contributed by atoms with Gasteiger partial charge in [0, 0.05) is 36.5 Å². The number of aromatic amines is 1. The fraction of sp³-hybridized carbons (Fsp3) is 0.250. The van der Waals surface area contributed by atoms with Crippen molar-refractivity contribution in [2.45, 2.75) is 0 Å². The number of nitrogens with one attached hydrogen (secondary N) is 2. The van der Waals surface area contributed by atoms with E-state index in [0.29, 0.717) is 77.2 Å². The molecule has 0 unspecified atom stereocenters. The van der Waals surface area contributed by atoms with Gasteiger partial charge in [-0.25, -0.2) is 9.37 Å². The molecule has 10 nitrogen and oxygen atoms in total. The molecule has 0 radical (unpaired) electrons. The predicted molar refractivity (Wildman–Crippen MR) is 144 cm³/mol. The Morgan fingerprint density at radius 3 is 2.51 bits per heavy atom. The summed E-state index contributed by atoms with van der Waals surface area (Å²) in [6.45, 7) is 2.07. The molecule has 0 atom stereocenters. The van der Waals surface area contributed by atoms with Crippen LogP contribution < -0.4 is 30.0 Å². The summed E-state index contributed by atoms with van der Waals surface area (Å²) in [6, 6.07) is 14.6. The maximum Gasteiger partial charge on any atom is 0.262 e. The molecule has 0 spiro atoms. The zero-order valence-electron chi connectivity index (χ0n) is 21.5. The Morgan fingerprint density at radius 1 is 1.05 bits per heavy atom. The largest absolute Gasteiger partial charge is 0.497 e. The van der Waals surface area contributed by atoms with Crippen LogP contribution in [0, 0.1) is 5.82 Å². The fourth-order valence-corrected chi connectivity index (χ4v) is 4.33. The fourth-order valence-electron chi connectivity index (χ4n) is 4.33. The van der Waals surface area contributed by atoms with Gasteiger partial charge >= 0.3 is 0 Å². The number of hydrogen-bond acceptors (Lipinski definition) is 8. The lowest BCUT2D eigenvalue weighted by Crippen LogP contribution is -2.36. The normalized spacial score (nSPS) is 13.3. The summed E-state index contributed by atoms with van der Waals surface area (Å²) in [5.41, 5.74) is 1.54. The number of H-pyrrole nitrogens is 1. The van der Waals surface area contributed by atoms with E-state index in [-0.39, 0.29) is 12.2 Å². The molecule has 1 aliphatic heterocycles. The van der Waals surface area contributed by atoms with Crippen LogP contribution in [0.1, 0.15) is 0 Å². The van der Waals surface area contributed by atoms with Crippen molar-refractivity contribution in [2.75, 3.05) is 57.3 Å². The summed E-state index contributed by atoms with van der Waals surface area (Å²) in [7, 11) is 3.00. The second-order valence-electron chi connectivity index (χ2n) is 8.77. The van der Waals surface area contributed by atoms with Gasteiger partial charge in [0.15, 0.2) is 6.61 Å². The molecule has 1 saturated heterocycles. The molecule has 1 amide bonds. The molecule has 1 aliphatic rings. The lowest BCUT2D eigenvalue weighted by atomic mass is 10.1. The van der Waals surface area contributed by atoms with Crippen molar-refractivity contribution < 1.29 is 28.1 Å². The number of methoxy groups -OCH3 is 2. The third-order valence-electron chi connectivity index (χ3n) is 6.28. The molecular formula is C28H27FN4O6. The first kappa shape index (κ1) is 26.0. The average molecular weight is 535 g/mol. The molecule has 0 aliphatic carbocycles. The number of aromatic nitrogens is 2. The summed E-state index contributed by atoms with van der Waals surface area (Å²) in [5, 5.41) is 2.97. The van der Waals surface area contributed by atoms with Gasteiger partial charge < -0.3 is 34.1 Å². The Morgan fingerprint density at radius 2 is 1.82 bits per heavy atom. The minimum atomic E-state index is -0.430. The van der Waals surface area contributed by atoms with E-state index in [0.717, 1.165) is 0 Å².